The molecule has 0 saturated carbocycles. The lowest BCUT2D eigenvalue weighted by molar-refractivity contribution is -0.123. The molecule has 1 aromatic carbocycles. The summed E-state index contributed by atoms with van der Waals surface area (Å²) in [7, 11) is 0. The fourth-order valence-corrected chi connectivity index (χ4v) is 4.36. The van der Waals surface area contributed by atoms with Gasteiger partial charge in [-0.15, -0.1) is 0 Å². The summed E-state index contributed by atoms with van der Waals surface area (Å²) in [5, 5.41) is -0.200. The molecule has 0 atom stereocenters. The van der Waals surface area contributed by atoms with Crippen molar-refractivity contribution in [3.63, 3.8) is 0 Å². The number of carbonyl (C=O) groups excluding carboxylic acids is 2. The summed E-state index contributed by atoms with van der Waals surface area (Å²) in [6, 6.07) is 8.15. The topological polar surface area (TPSA) is 42.3 Å². The summed E-state index contributed by atoms with van der Waals surface area (Å²) in [4.78, 5) is 26.4. The summed E-state index contributed by atoms with van der Waals surface area (Å²) in [6.07, 6.45) is 1.83. The lowest BCUT2D eigenvalue weighted by Gasteiger charge is -2.16. The van der Waals surface area contributed by atoms with E-state index in [-0.39, 0.29) is 17.2 Å². The van der Waals surface area contributed by atoms with Crippen molar-refractivity contribution in [2.24, 2.45) is 0 Å². The van der Waals surface area contributed by atoms with Crippen LogP contribution in [0.4, 0.5) is 4.79 Å². The Balaban J connectivity index is 2.02. The molecule has 0 aliphatic carbocycles. The Bertz CT molecular complexity index is 944. The van der Waals surface area contributed by atoms with E-state index in [2.05, 4.69) is 45.6 Å². The molecule has 0 spiro atoms. The van der Waals surface area contributed by atoms with Crippen molar-refractivity contribution >= 4 is 44.9 Å². The van der Waals surface area contributed by atoms with Crippen LogP contribution >= 0.6 is 27.7 Å². The van der Waals surface area contributed by atoms with Crippen LogP contribution in [0.25, 0.3) is 11.8 Å². The number of imide groups is 1. The molecule has 0 N–H and O–H groups in total. The van der Waals surface area contributed by atoms with Gasteiger partial charge in [0.05, 0.1) is 4.91 Å². The first-order valence-corrected chi connectivity index (χ1v) is 10.0. The fraction of sp³-hybridized carbons (Fsp3) is 0.300. The molecule has 6 heteroatoms. The Morgan fingerprint density at radius 1 is 1.12 bits per heavy atom. The van der Waals surface area contributed by atoms with Gasteiger partial charge >= 0.3 is 0 Å². The van der Waals surface area contributed by atoms with Gasteiger partial charge in [0.2, 0.25) is 0 Å². The maximum atomic E-state index is 12.5. The highest BCUT2D eigenvalue weighted by molar-refractivity contribution is 9.10. The monoisotopic (exact) mass is 432 g/mol. The molecule has 1 aliphatic heterocycles. The lowest BCUT2D eigenvalue weighted by atomic mass is 10.2. The van der Waals surface area contributed by atoms with Gasteiger partial charge in [0.15, 0.2) is 0 Å². The van der Waals surface area contributed by atoms with Crippen LogP contribution in [0, 0.1) is 20.8 Å². The first-order chi connectivity index (χ1) is 12.2. The number of amides is 2. The largest absolute Gasteiger partial charge is 0.318 e. The zero-order valence-corrected chi connectivity index (χ0v) is 17.9. The van der Waals surface area contributed by atoms with Crippen LogP contribution in [0.15, 0.2) is 33.6 Å². The Morgan fingerprint density at radius 3 is 2.38 bits per heavy atom. The van der Waals surface area contributed by atoms with E-state index in [0.29, 0.717) is 4.91 Å². The maximum absolute atomic E-state index is 12.5. The summed E-state index contributed by atoms with van der Waals surface area (Å²) in [5.74, 6) is -0.209. The van der Waals surface area contributed by atoms with E-state index in [1.165, 1.54) is 4.90 Å². The van der Waals surface area contributed by atoms with Crippen LogP contribution in [0.5, 0.6) is 0 Å². The molecule has 3 rings (SSSR count). The molecule has 1 aromatic heterocycles. The number of hydrogen-bond donors (Lipinski definition) is 0. The predicted octanol–water partition coefficient (Wildman–Crippen LogP) is 5.61. The van der Waals surface area contributed by atoms with E-state index >= 15 is 0 Å². The SMILES string of the molecule is Cc1cc(-n2c(C)cc(/C=C3\SC(=O)N(C(C)C)C3=O)c2C)ccc1Br. The van der Waals surface area contributed by atoms with Crippen LogP contribution in [0.3, 0.4) is 0 Å². The van der Waals surface area contributed by atoms with Gasteiger partial charge in [0.25, 0.3) is 11.1 Å². The molecule has 2 heterocycles. The average molecular weight is 433 g/mol. The number of rotatable bonds is 3. The molecule has 2 amide bonds. The molecule has 1 saturated heterocycles. The quantitative estimate of drug-likeness (QED) is 0.591. The van der Waals surface area contributed by atoms with Crippen molar-refractivity contribution in [2.45, 2.75) is 40.7 Å². The van der Waals surface area contributed by atoms with Crippen molar-refractivity contribution in [3.05, 3.63) is 56.2 Å². The summed E-state index contributed by atoms with van der Waals surface area (Å²) in [6.45, 7) is 9.83. The lowest BCUT2D eigenvalue weighted by Crippen LogP contribution is -2.34. The number of thioether (sulfide) groups is 1. The second-order valence-corrected chi connectivity index (χ2v) is 8.59. The van der Waals surface area contributed by atoms with Gasteiger partial charge in [-0.05, 0) is 87.8 Å². The van der Waals surface area contributed by atoms with Gasteiger partial charge in [-0.3, -0.25) is 14.5 Å². The number of hydrogen-bond acceptors (Lipinski definition) is 3. The van der Waals surface area contributed by atoms with Crippen LogP contribution in [-0.2, 0) is 4.79 Å². The number of aryl methyl sites for hydroxylation is 2. The van der Waals surface area contributed by atoms with Crippen LogP contribution < -0.4 is 0 Å². The van der Waals surface area contributed by atoms with Gasteiger partial charge in [-0.25, -0.2) is 0 Å². The van der Waals surface area contributed by atoms with Crippen molar-refractivity contribution in [1.82, 2.24) is 9.47 Å². The zero-order valence-electron chi connectivity index (χ0n) is 15.5. The summed E-state index contributed by atoms with van der Waals surface area (Å²) < 4.78 is 3.24. The molecule has 2 aromatic rings. The second-order valence-electron chi connectivity index (χ2n) is 6.74. The number of benzene rings is 1. The van der Waals surface area contributed by atoms with E-state index in [1.807, 2.05) is 39.8 Å². The van der Waals surface area contributed by atoms with Crippen molar-refractivity contribution < 1.29 is 9.59 Å². The Morgan fingerprint density at radius 2 is 1.81 bits per heavy atom. The molecule has 0 bridgehead atoms. The van der Waals surface area contributed by atoms with E-state index in [1.54, 1.807) is 0 Å². The summed E-state index contributed by atoms with van der Waals surface area (Å²) >= 11 is 4.55. The van der Waals surface area contributed by atoms with Crippen molar-refractivity contribution in [2.75, 3.05) is 0 Å². The van der Waals surface area contributed by atoms with Gasteiger partial charge in [0, 0.05) is 27.6 Å². The minimum atomic E-state index is -0.209. The van der Waals surface area contributed by atoms with Gasteiger partial charge in [-0.2, -0.15) is 0 Å². The third kappa shape index (κ3) is 3.28. The highest BCUT2D eigenvalue weighted by Gasteiger charge is 2.36. The minimum absolute atomic E-state index is 0.133. The summed E-state index contributed by atoms with van der Waals surface area (Å²) in [5.41, 5.74) is 5.32. The van der Waals surface area contributed by atoms with Crippen molar-refractivity contribution in [3.8, 4) is 5.69 Å². The number of carbonyl (C=O) groups is 2. The highest BCUT2D eigenvalue weighted by atomic mass is 79.9. The third-order valence-corrected chi connectivity index (χ3v) is 6.27. The number of aromatic nitrogens is 1. The first kappa shape index (κ1) is 19.0. The van der Waals surface area contributed by atoms with Gasteiger partial charge < -0.3 is 4.57 Å². The molecular formula is C20H21BrN2O2S. The van der Waals surface area contributed by atoms with Crippen LogP contribution in [0.2, 0.25) is 0 Å². The van der Waals surface area contributed by atoms with E-state index in [9.17, 15) is 9.59 Å². The average Bonchev–Trinajstić information content (AvgIpc) is 2.99. The number of nitrogens with zero attached hydrogens (tertiary/aromatic N) is 2. The Kier molecular flexibility index (Phi) is 5.17. The van der Waals surface area contributed by atoms with Crippen LogP contribution in [0.1, 0.15) is 36.4 Å². The van der Waals surface area contributed by atoms with Crippen molar-refractivity contribution in [1.29, 1.82) is 0 Å². The van der Waals surface area contributed by atoms with E-state index in [4.69, 9.17) is 0 Å². The smallest absolute Gasteiger partial charge is 0.293 e. The second kappa shape index (κ2) is 7.08. The van der Waals surface area contributed by atoms with Gasteiger partial charge in [0.1, 0.15) is 0 Å². The molecule has 0 unspecified atom stereocenters. The standard InChI is InChI=1S/C20H21BrN2O2S/c1-11(2)22-19(24)18(26-20(22)25)10-15-9-13(4)23(14(15)5)16-6-7-17(21)12(3)8-16/h6-11H,1-5H3/b18-10-. The minimum Gasteiger partial charge on any atom is -0.318 e. The van der Waals surface area contributed by atoms with E-state index < -0.39 is 0 Å². The fourth-order valence-electron chi connectivity index (χ4n) is 3.17. The maximum Gasteiger partial charge on any atom is 0.293 e. The van der Waals surface area contributed by atoms with Gasteiger partial charge in [-0.1, -0.05) is 15.9 Å². The Labute approximate surface area is 166 Å². The molecule has 0 radical (unpaired) electrons. The molecule has 1 fully saturated rings. The third-order valence-electron chi connectivity index (χ3n) is 4.50. The first-order valence-electron chi connectivity index (χ1n) is 8.43. The molecule has 26 heavy (non-hydrogen) atoms. The highest BCUT2D eigenvalue weighted by Crippen LogP contribution is 2.35. The predicted molar refractivity (Wildman–Crippen MR) is 111 cm³/mol. The molecule has 4 nitrogen and oxygen atoms in total. The molecule has 136 valence electrons. The van der Waals surface area contributed by atoms with E-state index in [0.717, 1.165) is 44.4 Å². The molecular weight excluding hydrogens is 412 g/mol. The van der Waals surface area contributed by atoms with Crippen LogP contribution in [-0.4, -0.2) is 26.7 Å². The molecule has 1 aliphatic rings. The zero-order chi connectivity index (χ0) is 19.2. The number of halogens is 1. The Hall–Kier alpha value is -1.79. The normalized spacial score (nSPS) is 16.4.